The van der Waals surface area contributed by atoms with E-state index in [1.54, 1.807) is 21.6 Å². The summed E-state index contributed by atoms with van der Waals surface area (Å²) in [4.78, 5) is 28.9. The van der Waals surface area contributed by atoms with Crippen LogP contribution in [0.4, 0.5) is 0 Å². The molecule has 7 nitrogen and oxygen atoms in total. The number of carbonyl (C=O) groups is 2. The third-order valence-electron chi connectivity index (χ3n) is 5.58. The molecule has 1 aromatic carbocycles. The van der Waals surface area contributed by atoms with E-state index in [1.165, 1.54) is 0 Å². The van der Waals surface area contributed by atoms with Crippen LogP contribution in [-0.2, 0) is 9.59 Å². The molecule has 0 saturated carbocycles. The zero-order valence-electron chi connectivity index (χ0n) is 21.3. The molecule has 0 spiro atoms. The van der Waals surface area contributed by atoms with Crippen LogP contribution in [-0.4, -0.2) is 77.2 Å². The number of hydrazone groups is 1. The molecule has 190 valence electrons. The Bertz CT molecular complexity index is 807. The van der Waals surface area contributed by atoms with Gasteiger partial charge in [-0.15, -0.1) is 0 Å². The molecule has 2 rings (SSSR count). The van der Waals surface area contributed by atoms with Crippen molar-refractivity contribution in [2.75, 3.05) is 45.1 Å². The summed E-state index contributed by atoms with van der Waals surface area (Å²) in [5.41, 5.74) is 4.33. The third kappa shape index (κ3) is 10.3. The lowest BCUT2D eigenvalue weighted by molar-refractivity contribution is -0.133. The average molecular weight is 509 g/mol. The van der Waals surface area contributed by atoms with E-state index in [4.69, 9.17) is 4.74 Å². The van der Waals surface area contributed by atoms with Crippen LogP contribution in [0.25, 0.3) is 0 Å². The SMILES string of the molecule is CCSSC(C)(C)CC(=O)N/N=C(\C)c1ccc(OCCCC(=O)N2CCN(CC)CC2)cc1. The summed E-state index contributed by atoms with van der Waals surface area (Å²) in [6, 6.07) is 7.64. The first-order valence-corrected chi connectivity index (χ1v) is 14.4. The predicted molar refractivity (Wildman–Crippen MR) is 145 cm³/mol. The molecule has 1 aromatic rings. The molecule has 1 saturated heterocycles. The number of nitrogens with zero attached hydrogens (tertiary/aromatic N) is 3. The second-order valence-corrected chi connectivity index (χ2v) is 12.2. The van der Waals surface area contributed by atoms with Gasteiger partial charge in [0, 0.05) is 49.5 Å². The summed E-state index contributed by atoms with van der Waals surface area (Å²) in [6.45, 7) is 15.4. The molecule has 34 heavy (non-hydrogen) atoms. The van der Waals surface area contributed by atoms with Crippen LogP contribution < -0.4 is 10.2 Å². The largest absolute Gasteiger partial charge is 0.494 e. The molecule has 0 aliphatic carbocycles. The summed E-state index contributed by atoms with van der Waals surface area (Å²) in [5, 5.41) is 4.25. The fourth-order valence-electron chi connectivity index (χ4n) is 3.56. The molecule has 1 fully saturated rings. The maximum absolute atomic E-state index is 12.4. The number of nitrogens with one attached hydrogen (secondary N) is 1. The summed E-state index contributed by atoms with van der Waals surface area (Å²) in [5.74, 6) is 1.91. The molecule has 0 bridgehead atoms. The third-order valence-corrected chi connectivity index (χ3v) is 8.95. The molecule has 0 unspecified atom stereocenters. The lowest BCUT2D eigenvalue weighted by Gasteiger charge is -2.34. The monoisotopic (exact) mass is 508 g/mol. The maximum Gasteiger partial charge on any atom is 0.241 e. The van der Waals surface area contributed by atoms with Crippen LogP contribution in [0, 0.1) is 0 Å². The van der Waals surface area contributed by atoms with Gasteiger partial charge < -0.3 is 14.5 Å². The Morgan fingerprint density at radius 3 is 2.41 bits per heavy atom. The minimum Gasteiger partial charge on any atom is -0.494 e. The lowest BCUT2D eigenvalue weighted by Crippen LogP contribution is -2.48. The van der Waals surface area contributed by atoms with Gasteiger partial charge in [-0.3, -0.25) is 9.59 Å². The van der Waals surface area contributed by atoms with Crippen molar-refractivity contribution in [2.24, 2.45) is 5.10 Å². The first kappa shape index (κ1) is 28.5. The number of ether oxygens (including phenoxy) is 1. The highest BCUT2D eigenvalue weighted by atomic mass is 33.1. The van der Waals surface area contributed by atoms with Crippen molar-refractivity contribution in [3.05, 3.63) is 29.8 Å². The number of carbonyl (C=O) groups excluding carboxylic acids is 2. The number of hydrogen-bond acceptors (Lipinski definition) is 7. The smallest absolute Gasteiger partial charge is 0.241 e. The molecule has 1 N–H and O–H groups in total. The van der Waals surface area contributed by atoms with Crippen molar-refractivity contribution in [3.63, 3.8) is 0 Å². The van der Waals surface area contributed by atoms with E-state index < -0.39 is 0 Å². The first-order valence-electron chi connectivity index (χ1n) is 12.1. The van der Waals surface area contributed by atoms with Crippen molar-refractivity contribution in [3.8, 4) is 5.75 Å². The zero-order chi connectivity index (χ0) is 25.0. The molecular weight excluding hydrogens is 468 g/mol. The number of likely N-dealkylation sites (N-methyl/N-ethyl adjacent to an activating group) is 1. The second kappa shape index (κ2) is 14.6. The number of rotatable bonds is 13. The highest BCUT2D eigenvalue weighted by Crippen LogP contribution is 2.37. The molecule has 0 aromatic heterocycles. The van der Waals surface area contributed by atoms with Crippen LogP contribution in [0.15, 0.2) is 29.4 Å². The van der Waals surface area contributed by atoms with Gasteiger partial charge in [-0.25, -0.2) is 5.43 Å². The fourth-order valence-corrected chi connectivity index (χ4v) is 5.68. The Balaban J connectivity index is 1.70. The van der Waals surface area contributed by atoms with E-state index in [9.17, 15) is 9.59 Å². The Morgan fingerprint density at radius 2 is 1.79 bits per heavy atom. The Labute approximate surface area is 212 Å². The van der Waals surface area contributed by atoms with E-state index in [1.807, 2.05) is 36.1 Å². The molecule has 0 radical (unpaired) electrons. The van der Waals surface area contributed by atoms with Gasteiger partial charge in [0.15, 0.2) is 0 Å². The number of benzene rings is 1. The topological polar surface area (TPSA) is 74.2 Å². The second-order valence-electron chi connectivity index (χ2n) is 8.95. The van der Waals surface area contributed by atoms with Crippen molar-refractivity contribution < 1.29 is 14.3 Å². The van der Waals surface area contributed by atoms with Gasteiger partial charge in [0.2, 0.25) is 11.8 Å². The van der Waals surface area contributed by atoms with Crippen LogP contribution in [0.3, 0.4) is 0 Å². The van der Waals surface area contributed by atoms with Gasteiger partial charge in [0.1, 0.15) is 5.75 Å². The van der Waals surface area contributed by atoms with E-state index >= 15 is 0 Å². The summed E-state index contributed by atoms with van der Waals surface area (Å²) >= 11 is 0. The Hall–Kier alpha value is -1.71. The molecule has 0 atom stereocenters. The Kier molecular flexibility index (Phi) is 12.3. The standard InChI is InChI=1S/C25H40N4O3S2/c1-6-28-14-16-29(17-15-28)24(31)9-8-18-32-22-12-10-21(11-13-22)20(3)26-27-23(30)19-25(4,5)34-33-7-2/h10-13H,6-9,14-19H2,1-5H3,(H,27,30)/b26-20+. The van der Waals surface area contributed by atoms with Gasteiger partial charge >= 0.3 is 0 Å². The van der Waals surface area contributed by atoms with Gasteiger partial charge in [0.25, 0.3) is 0 Å². The number of amides is 2. The van der Waals surface area contributed by atoms with Gasteiger partial charge in [0.05, 0.1) is 12.3 Å². The van der Waals surface area contributed by atoms with Crippen LogP contribution in [0.2, 0.25) is 0 Å². The Morgan fingerprint density at radius 1 is 1.12 bits per heavy atom. The van der Waals surface area contributed by atoms with E-state index in [-0.39, 0.29) is 16.6 Å². The minimum atomic E-state index is -0.137. The molecule has 2 amide bonds. The van der Waals surface area contributed by atoms with E-state index in [0.717, 1.165) is 55.5 Å². The fraction of sp³-hybridized carbons (Fsp3) is 0.640. The van der Waals surface area contributed by atoms with Crippen LogP contribution in [0.5, 0.6) is 5.75 Å². The highest BCUT2D eigenvalue weighted by Gasteiger charge is 2.23. The normalized spacial score (nSPS) is 15.3. The van der Waals surface area contributed by atoms with Crippen molar-refractivity contribution in [1.29, 1.82) is 0 Å². The van der Waals surface area contributed by atoms with Gasteiger partial charge in [-0.1, -0.05) is 35.4 Å². The number of piperazine rings is 1. The van der Waals surface area contributed by atoms with Crippen molar-refractivity contribution in [1.82, 2.24) is 15.2 Å². The highest BCUT2D eigenvalue weighted by molar-refractivity contribution is 8.77. The predicted octanol–water partition coefficient (Wildman–Crippen LogP) is 4.42. The van der Waals surface area contributed by atoms with Crippen molar-refractivity contribution in [2.45, 2.75) is 58.6 Å². The number of hydrogen-bond donors (Lipinski definition) is 1. The molecule has 1 heterocycles. The molecular formula is C25H40N4O3S2. The van der Waals surface area contributed by atoms with Crippen LogP contribution in [0.1, 0.15) is 59.4 Å². The average Bonchev–Trinajstić information content (AvgIpc) is 2.84. The maximum atomic E-state index is 12.4. The first-order chi connectivity index (χ1) is 16.2. The summed E-state index contributed by atoms with van der Waals surface area (Å²) in [6.07, 6.45) is 1.63. The van der Waals surface area contributed by atoms with Gasteiger partial charge in [-0.05, 0) is 63.6 Å². The molecule has 1 aliphatic heterocycles. The minimum absolute atomic E-state index is 0.0877. The van der Waals surface area contributed by atoms with E-state index in [2.05, 4.69) is 43.1 Å². The van der Waals surface area contributed by atoms with E-state index in [0.29, 0.717) is 25.9 Å². The summed E-state index contributed by atoms with van der Waals surface area (Å²) < 4.78 is 5.67. The lowest BCUT2D eigenvalue weighted by atomic mass is 10.1. The van der Waals surface area contributed by atoms with Crippen molar-refractivity contribution >= 4 is 39.1 Å². The molecule has 1 aliphatic rings. The van der Waals surface area contributed by atoms with Crippen LogP contribution >= 0.6 is 21.6 Å². The summed E-state index contributed by atoms with van der Waals surface area (Å²) in [7, 11) is 3.49. The molecule has 9 heteroatoms. The quantitative estimate of drug-likeness (QED) is 0.184. The van der Waals surface area contributed by atoms with Gasteiger partial charge in [-0.2, -0.15) is 5.10 Å². The zero-order valence-corrected chi connectivity index (χ0v) is 22.9.